The average molecular weight is 247 g/mol. The summed E-state index contributed by atoms with van der Waals surface area (Å²) in [6.07, 6.45) is 0.654. The molecule has 1 N–H and O–H groups in total. The molecule has 2 rings (SSSR count). The standard InChI is InChI=1S/C11H15F2NO3/c1-6(10(16)17)14(8-2-3-8)9(15)7-4-11(12,13)5-7/h6-8H,2-5H2,1H3,(H,16,17). The lowest BCUT2D eigenvalue weighted by Gasteiger charge is -2.38. The van der Waals surface area contributed by atoms with Crippen LogP contribution in [0.4, 0.5) is 8.78 Å². The van der Waals surface area contributed by atoms with Gasteiger partial charge in [0.25, 0.3) is 0 Å². The lowest BCUT2D eigenvalue weighted by Crippen LogP contribution is -2.52. The van der Waals surface area contributed by atoms with Gasteiger partial charge in [0.05, 0.1) is 0 Å². The molecule has 2 aliphatic rings. The summed E-state index contributed by atoms with van der Waals surface area (Å²) in [5, 5.41) is 8.91. The second kappa shape index (κ2) is 3.92. The Hall–Kier alpha value is -1.20. The molecule has 1 atom stereocenters. The van der Waals surface area contributed by atoms with Crippen molar-refractivity contribution in [3.63, 3.8) is 0 Å². The molecule has 0 aromatic rings. The molecule has 4 nitrogen and oxygen atoms in total. The van der Waals surface area contributed by atoms with Crippen LogP contribution in [0, 0.1) is 5.92 Å². The van der Waals surface area contributed by atoms with E-state index in [1.165, 1.54) is 11.8 Å². The van der Waals surface area contributed by atoms with Crippen molar-refractivity contribution < 1.29 is 23.5 Å². The zero-order valence-electron chi connectivity index (χ0n) is 9.53. The highest BCUT2D eigenvalue weighted by atomic mass is 19.3. The number of carboxylic acid groups (broad SMARTS) is 1. The van der Waals surface area contributed by atoms with E-state index in [2.05, 4.69) is 0 Å². The van der Waals surface area contributed by atoms with Crippen molar-refractivity contribution in [1.82, 2.24) is 4.90 Å². The van der Waals surface area contributed by atoms with Crippen LogP contribution in [0.2, 0.25) is 0 Å². The van der Waals surface area contributed by atoms with Gasteiger partial charge < -0.3 is 10.0 Å². The van der Waals surface area contributed by atoms with E-state index in [1.807, 2.05) is 0 Å². The zero-order chi connectivity index (χ0) is 12.8. The van der Waals surface area contributed by atoms with Gasteiger partial charge in [-0.05, 0) is 19.8 Å². The molecule has 0 saturated heterocycles. The van der Waals surface area contributed by atoms with Crippen LogP contribution in [0.15, 0.2) is 0 Å². The number of aliphatic carboxylic acids is 1. The first-order valence-electron chi connectivity index (χ1n) is 5.74. The van der Waals surface area contributed by atoms with Crippen molar-refractivity contribution in [2.24, 2.45) is 5.92 Å². The molecule has 2 fully saturated rings. The molecule has 0 spiro atoms. The summed E-state index contributed by atoms with van der Waals surface area (Å²) in [6, 6.07) is -0.993. The predicted octanol–water partition coefficient (Wildman–Crippen LogP) is 1.50. The summed E-state index contributed by atoms with van der Waals surface area (Å²) in [7, 11) is 0. The number of hydrogen-bond acceptors (Lipinski definition) is 2. The lowest BCUT2D eigenvalue weighted by atomic mass is 9.80. The zero-order valence-corrected chi connectivity index (χ0v) is 9.53. The SMILES string of the molecule is CC(C(=O)O)N(C(=O)C1CC(F)(F)C1)C1CC1. The van der Waals surface area contributed by atoms with E-state index in [0.29, 0.717) is 0 Å². The summed E-state index contributed by atoms with van der Waals surface area (Å²) >= 11 is 0. The molecule has 17 heavy (non-hydrogen) atoms. The van der Waals surface area contributed by atoms with Crippen molar-refractivity contribution in [3.05, 3.63) is 0 Å². The van der Waals surface area contributed by atoms with Crippen LogP contribution in [0.5, 0.6) is 0 Å². The number of carbonyl (C=O) groups is 2. The van der Waals surface area contributed by atoms with E-state index in [0.717, 1.165) is 12.8 Å². The number of alkyl halides is 2. The Morgan fingerprint density at radius 1 is 1.35 bits per heavy atom. The molecule has 1 amide bonds. The molecule has 0 heterocycles. The fourth-order valence-corrected chi connectivity index (χ4v) is 2.21. The number of nitrogens with zero attached hydrogens (tertiary/aromatic N) is 1. The molecule has 96 valence electrons. The summed E-state index contributed by atoms with van der Waals surface area (Å²) < 4.78 is 25.4. The highest BCUT2D eigenvalue weighted by Crippen LogP contribution is 2.44. The Kier molecular flexibility index (Phi) is 2.83. The van der Waals surface area contributed by atoms with Crippen LogP contribution in [0.3, 0.4) is 0 Å². The molecule has 6 heteroatoms. The fraction of sp³-hybridized carbons (Fsp3) is 0.818. The maximum absolute atomic E-state index is 12.7. The molecule has 2 aliphatic carbocycles. The van der Waals surface area contributed by atoms with E-state index >= 15 is 0 Å². The van der Waals surface area contributed by atoms with Crippen LogP contribution in [-0.2, 0) is 9.59 Å². The minimum atomic E-state index is -2.75. The maximum Gasteiger partial charge on any atom is 0.326 e. The number of amides is 1. The van der Waals surface area contributed by atoms with Crippen molar-refractivity contribution in [2.75, 3.05) is 0 Å². The van der Waals surface area contributed by atoms with Gasteiger partial charge in [0.2, 0.25) is 11.8 Å². The Morgan fingerprint density at radius 3 is 2.24 bits per heavy atom. The molecular weight excluding hydrogens is 232 g/mol. The van der Waals surface area contributed by atoms with Gasteiger partial charge >= 0.3 is 5.97 Å². The number of rotatable bonds is 4. The van der Waals surface area contributed by atoms with Crippen LogP contribution in [-0.4, -0.2) is 39.9 Å². The molecule has 0 aliphatic heterocycles. The van der Waals surface area contributed by atoms with Crippen molar-refractivity contribution in [3.8, 4) is 0 Å². The second-order valence-corrected chi connectivity index (χ2v) is 4.95. The van der Waals surface area contributed by atoms with Crippen LogP contribution < -0.4 is 0 Å². The second-order valence-electron chi connectivity index (χ2n) is 4.95. The minimum absolute atomic E-state index is 0.0668. The fourth-order valence-electron chi connectivity index (χ4n) is 2.21. The molecule has 1 unspecified atom stereocenters. The predicted molar refractivity (Wildman–Crippen MR) is 54.6 cm³/mol. The molecule has 0 bridgehead atoms. The van der Waals surface area contributed by atoms with Crippen molar-refractivity contribution in [1.29, 1.82) is 0 Å². The summed E-state index contributed by atoms with van der Waals surface area (Å²) in [5.74, 6) is -4.96. The summed E-state index contributed by atoms with van der Waals surface area (Å²) in [5.41, 5.74) is 0. The number of hydrogen-bond donors (Lipinski definition) is 1. The molecule has 0 radical (unpaired) electrons. The Morgan fingerprint density at radius 2 is 1.88 bits per heavy atom. The van der Waals surface area contributed by atoms with Crippen LogP contribution in [0.25, 0.3) is 0 Å². The molecular formula is C11H15F2NO3. The Bertz CT molecular complexity index is 347. The maximum atomic E-state index is 12.7. The first kappa shape index (κ1) is 12.3. The highest BCUT2D eigenvalue weighted by molar-refractivity contribution is 5.86. The van der Waals surface area contributed by atoms with Crippen molar-refractivity contribution >= 4 is 11.9 Å². The number of halogens is 2. The van der Waals surface area contributed by atoms with Gasteiger partial charge in [0.15, 0.2) is 0 Å². The van der Waals surface area contributed by atoms with Gasteiger partial charge in [-0.2, -0.15) is 0 Å². The smallest absolute Gasteiger partial charge is 0.326 e. The summed E-state index contributed by atoms with van der Waals surface area (Å²) in [6.45, 7) is 1.43. The lowest BCUT2D eigenvalue weighted by molar-refractivity contribution is -0.166. The quantitative estimate of drug-likeness (QED) is 0.819. The van der Waals surface area contributed by atoms with E-state index in [4.69, 9.17) is 5.11 Å². The van der Waals surface area contributed by atoms with Gasteiger partial charge in [0.1, 0.15) is 6.04 Å². The van der Waals surface area contributed by atoms with Crippen molar-refractivity contribution in [2.45, 2.75) is 50.6 Å². The average Bonchev–Trinajstić information content (AvgIpc) is 2.97. The van der Waals surface area contributed by atoms with Gasteiger partial charge in [-0.25, -0.2) is 13.6 Å². The third-order valence-electron chi connectivity index (χ3n) is 3.41. The van der Waals surface area contributed by atoms with Crippen LogP contribution >= 0.6 is 0 Å². The van der Waals surface area contributed by atoms with E-state index < -0.39 is 42.6 Å². The van der Waals surface area contributed by atoms with Gasteiger partial charge in [-0.15, -0.1) is 0 Å². The van der Waals surface area contributed by atoms with Gasteiger partial charge in [-0.3, -0.25) is 4.79 Å². The largest absolute Gasteiger partial charge is 0.480 e. The van der Waals surface area contributed by atoms with E-state index in [1.54, 1.807) is 0 Å². The number of carbonyl (C=O) groups excluding carboxylic acids is 1. The molecule has 0 aromatic carbocycles. The summed E-state index contributed by atoms with van der Waals surface area (Å²) in [4.78, 5) is 24.1. The van der Waals surface area contributed by atoms with E-state index in [-0.39, 0.29) is 6.04 Å². The Balaban J connectivity index is 2.02. The number of carboxylic acids is 1. The van der Waals surface area contributed by atoms with Gasteiger partial charge in [0, 0.05) is 24.8 Å². The normalized spacial score (nSPS) is 24.9. The Labute approximate surface area is 97.6 Å². The van der Waals surface area contributed by atoms with E-state index in [9.17, 15) is 18.4 Å². The first-order chi connectivity index (χ1) is 7.82. The third-order valence-corrected chi connectivity index (χ3v) is 3.41. The monoisotopic (exact) mass is 247 g/mol. The minimum Gasteiger partial charge on any atom is -0.480 e. The van der Waals surface area contributed by atoms with Gasteiger partial charge in [-0.1, -0.05) is 0 Å². The van der Waals surface area contributed by atoms with Crippen LogP contribution in [0.1, 0.15) is 32.6 Å². The highest BCUT2D eigenvalue weighted by Gasteiger charge is 2.52. The molecule has 0 aromatic heterocycles. The first-order valence-corrected chi connectivity index (χ1v) is 5.74. The topological polar surface area (TPSA) is 57.6 Å². The molecule has 2 saturated carbocycles. The third kappa shape index (κ3) is 2.40.